The van der Waals surface area contributed by atoms with Gasteiger partial charge in [0.05, 0.1) is 5.39 Å². The maximum absolute atomic E-state index is 13.0. The van der Waals surface area contributed by atoms with E-state index in [1.54, 1.807) is 41.1 Å². The Morgan fingerprint density at radius 3 is 2.64 bits per heavy atom. The first-order valence-electron chi connectivity index (χ1n) is 8.32. The number of H-pyrrole nitrogens is 1. The number of rotatable bonds is 1. The molecule has 2 aliphatic heterocycles. The molecule has 0 spiro atoms. The minimum absolute atomic E-state index is 0.0445. The molecule has 2 aliphatic rings. The first kappa shape index (κ1) is 15.8. The number of carbonyl (C=O) groups excluding carboxylic acids is 2. The van der Waals surface area contributed by atoms with Gasteiger partial charge < -0.3 is 9.80 Å². The van der Waals surface area contributed by atoms with Crippen LogP contribution in [0.3, 0.4) is 0 Å². The fourth-order valence-electron chi connectivity index (χ4n) is 3.58. The summed E-state index contributed by atoms with van der Waals surface area (Å²) in [6.45, 7) is 3.10. The van der Waals surface area contributed by atoms with Gasteiger partial charge in [-0.05, 0) is 6.07 Å². The van der Waals surface area contributed by atoms with Crippen LogP contribution in [0.2, 0.25) is 0 Å². The molecule has 2 fully saturated rings. The average molecular weight is 341 g/mol. The van der Waals surface area contributed by atoms with E-state index in [2.05, 4.69) is 15.1 Å². The molecule has 25 heavy (non-hydrogen) atoms. The number of aromatic amines is 1. The molecule has 2 aromatic rings. The summed E-state index contributed by atoms with van der Waals surface area (Å²) >= 11 is 0. The molecule has 130 valence electrons. The molecule has 1 atom stereocenters. The monoisotopic (exact) mass is 341 g/mol. The van der Waals surface area contributed by atoms with E-state index < -0.39 is 0 Å². The first-order valence-corrected chi connectivity index (χ1v) is 8.32. The van der Waals surface area contributed by atoms with Crippen LogP contribution in [0.15, 0.2) is 29.1 Å². The van der Waals surface area contributed by atoms with Crippen molar-refractivity contribution < 1.29 is 9.59 Å². The molecule has 1 aromatic heterocycles. The lowest BCUT2D eigenvalue weighted by Gasteiger charge is -2.45. The number of fused-ring (bicyclic) bond motifs is 2. The topological polar surface area (TPSA) is 89.6 Å². The number of nitrogens with one attached hydrogen (secondary N) is 1. The van der Waals surface area contributed by atoms with Gasteiger partial charge in [0.15, 0.2) is 5.69 Å². The van der Waals surface area contributed by atoms with Crippen LogP contribution in [-0.2, 0) is 4.79 Å². The van der Waals surface area contributed by atoms with E-state index in [9.17, 15) is 14.4 Å². The highest BCUT2D eigenvalue weighted by Gasteiger charge is 2.39. The summed E-state index contributed by atoms with van der Waals surface area (Å²) in [5.41, 5.74) is -0.0960. The highest BCUT2D eigenvalue weighted by atomic mass is 16.2. The predicted molar refractivity (Wildman–Crippen MR) is 91.3 cm³/mol. The molecule has 8 heteroatoms. The highest BCUT2D eigenvalue weighted by Crippen LogP contribution is 2.20. The third kappa shape index (κ3) is 2.58. The van der Waals surface area contributed by atoms with Crippen molar-refractivity contribution in [2.24, 2.45) is 0 Å². The van der Waals surface area contributed by atoms with Gasteiger partial charge in [0.2, 0.25) is 5.91 Å². The second-order valence-corrected chi connectivity index (χ2v) is 6.51. The molecule has 0 bridgehead atoms. The molecule has 2 amide bonds. The lowest BCUT2D eigenvalue weighted by atomic mass is 10.1. The number of likely N-dealkylation sites (N-methyl/N-ethyl adjacent to an activating group) is 1. The summed E-state index contributed by atoms with van der Waals surface area (Å²) in [6.07, 6.45) is 0. The van der Waals surface area contributed by atoms with Crippen LogP contribution in [0.1, 0.15) is 10.5 Å². The lowest BCUT2D eigenvalue weighted by molar-refractivity contribution is -0.142. The molecule has 0 saturated carbocycles. The molecule has 0 unspecified atom stereocenters. The third-order valence-electron chi connectivity index (χ3n) is 5.06. The van der Waals surface area contributed by atoms with Crippen molar-refractivity contribution >= 4 is 22.6 Å². The van der Waals surface area contributed by atoms with Gasteiger partial charge in [0, 0.05) is 45.2 Å². The Bertz CT molecular complexity index is 909. The van der Waals surface area contributed by atoms with Gasteiger partial charge in [-0.1, -0.05) is 18.2 Å². The Hall–Kier alpha value is -2.74. The van der Waals surface area contributed by atoms with Crippen molar-refractivity contribution in [1.29, 1.82) is 0 Å². The number of benzene rings is 1. The summed E-state index contributed by atoms with van der Waals surface area (Å²) in [7, 11) is 1.79. The number of carbonyl (C=O) groups is 2. The number of aromatic nitrogens is 2. The Morgan fingerprint density at radius 2 is 1.84 bits per heavy atom. The summed E-state index contributed by atoms with van der Waals surface area (Å²) in [5, 5.41) is 7.35. The predicted octanol–water partition coefficient (Wildman–Crippen LogP) is -0.478. The fourth-order valence-corrected chi connectivity index (χ4v) is 3.58. The maximum atomic E-state index is 13.0. The zero-order valence-electron chi connectivity index (χ0n) is 13.9. The van der Waals surface area contributed by atoms with Crippen LogP contribution in [0.4, 0.5) is 0 Å². The van der Waals surface area contributed by atoms with Crippen molar-refractivity contribution in [2.75, 3.05) is 39.8 Å². The second-order valence-electron chi connectivity index (χ2n) is 6.51. The number of piperazine rings is 2. The molecule has 1 aromatic carbocycles. The molecule has 0 radical (unpaired) electrons. The summed E-state index contributed by atoms with van der Waals surface area (Å²) < 4.78 is 0. The number of amides is 2. The molecular formula is C17H19N5O3. The molecule has 4 rings (SSSR count). The van der Waals surface area contributed by atoms with Gasteiger partial charge in [-0.25, -0.2) is 5.10 Å². The first-order chi connectivity index (χ1) is 12.1. The van der Waals surface area contributed by atoms with E-state index in [0.717, 1.165) is 13.1 Å². The minimum Gasteiger partial charge on any atom is -0.343 e. The van der Waals surface area contributed by atoms with Crippen LogP contribution in [0.25, 0.3) is 10.8 Å². The van der Waals surface area contributed by atoms with E-state index in [0.29, 0.717) is 30.4 Å². The van der Waals surface area contributed by atoms with Gasteiger partial charge in [-0.15, -0.1) is 0 Å². The van der Waals surface area contributed by atoms with Crippen LogP contribution in [0.5, 0.6) is 0 Å². The smallest absolute Gasteiger partial charge is 0.275 e. The molecule has 0 aliphatic carbocycles. The van der Waals surface area contributed by atoms with E-state index in [-0.39, 0.29) is 29.1 Å². The number of hydrogen-bond acceptors (Lipinski definition) is 5. The molecule has 3 heterocycles. The Morgan fingerprint density at radius 1 is 1.12 bits per heavy atom. The summed E-state index contributed by atoms with van der Waals surface area (Å²) in [5.74, 6) is -0.212. The van der Waals surface area contributed by atoms with Crippen LogP contribution >= 0.6 is 0 Å². The van der Waals surface area contributed by atoms with Crippen LogP contribution in [-0.4, -0.2) is 82.5 Å². The molecule has 2 saturated heterocycles. The van der Waals surface area contributed by atoms with Gasteiger partial charge in [-0.2, -0.15) is 5.10 Å². The fraction of sp³-hybridized carbons (Fsp3) is 0.412. The van der Waals surface area contributed by atoms with Crippen molar-refractivity contribution in [3.8, 4) is 0 Å². The number of nitrogens with zero attached hydrogens (tertiary/aromatic N) is 4. The van der Waals surface area contributed by atoms with Gasteiger partial charge >= 0.3 is 0 Å². The quantitative estimate of drug-likeness (QED) is 0.757. The van der Waals surface area contributed by atoms with Crippen LogP contribution < -0.4 is 5.56 Å². The normalized spacial score (nSPS) is 21.5. The Labute approximate surface area is 144 Å². The Kier molecular flexibility index (Phi) is 3.76. The zero-order valence-corrected chi connectivity index (χ0v) is 13.9. The van der Waals surface area contributed by atoms with Crippen molar-refractivity contribution in [1.82, 2.24) is 24.9 Å². The largest absolute Gasteiger partial charge is 0.343 e. The van der Waals surface area contributed by atoms with E-state index >= 15 is 0 Å². The van der Waals surface area contributed by atoms with Crippen molar-refractivity contribution in [3.63, 3.8) is 0 Å². The maximum Gasteiger partial charge on any atom is 0.275 e. The van der Waals surface area contributed by atoms with Gasteiger partial charge in [0.1, 0.15) is 6.04 Å². The molecule has 1 N–H and O–H groups in total. The highest BCUT2D eigenvalue weighted by molar-refractivity contribution is 6.05. The van der Waals surface area contributed by atoms with Crippen LogP contribution in [0, 0.1) is 0 Å². The zero-order chi connectivity index (χ0) is 17.6. The average Bonchev–Trinajstić information content (AvgIpc) is 2.65. The summed E-state index contributed by atoms with van der Waals surface area (Å²) in [6, 6.07) is 6.62. The van der Waals surface area contributed by atoms with Gasteiger partial charge in [0.25, 0.3) is 11.5 Å². The van der Waals surface area contributed by atoms with Gasteiger partial charge in [-0.3, -0.25) is 19.3 Å². The third-order valence-corrected chi connectivity index (χ3v) is 5.06. The SMILES string of the molecule is CN1CCN2CCN(C(=O)c3n[nH]c(=O)c4ccccc34)C[C@H]2C1=O. The standard InChI is InChI=1S/C17H19N5O3/c1-20-6-7-21-8-9-22(10-13(21)16(20)24)17(25)14-11-4-2-3-5-12(11)15(23)19-18-14/h2-5,13H,6-10H2,1H3,(H,19,23)/t13-/m0/s1. The number of hydrogen-bond donors (Lipinski definition) is 1. The minimum atomic E-state index is -0.318. The van der Waals surface area contributed by atoms with E-state index in [4.69, 9.17) is 0 Å². The Balaban J connectivity index is 1.65. The molecule has 8 nitrogen and oxygen atoms in total. The van der Waals surface area contributed by atoms with E-state index in [1.165, 1.54) is 0 Å². The lowest BCUT2D eigenvalue weighted by Crippen LogP contribution is -2.64. The van der Waals surface area contributed by atoms with Crippen molar-refractivity contribution in [3.05, 3.63) is 40.3 Å². The summed E-state index contributed by atoms with van der Waals surface area (Å²) in [4.78, 5) is 42.8. The van der Waals surface area contributed by atoms with E-state index in [1.807, 2.05) is 0 Å². The second kappa shape index (κ2) is 5.96. The van der Waals surface area contributed by atoms with Crippen molar-refractivity contribution in [2.45, 2.75) is 6.04 Å². The molecular weight excluding hydrogens is 322 g/mol.